The number of hydrogen-bond donors (Lipinski definition) is 9. The SMILES string of the molecule is CC(=O)O.NC(N)=NCCC[C@H](N)C(=O)O.NC(N)=NCCC[C@H](N)C(=O)O. The zero-order valence-electron chi connectivity index (χ0n) is 15.8. The minimum atomic E-state index is -1.00. The van der Waals surface area contributed by atoms with Crippen LogP contribution in [0.15, 0.2) is 9.98 Å². The zero-order chi connectivity index (χ0) is 22.7. The van der Waals surface area contributed by atoms with Gasteiger partial charge in [0.25, 0.3) is 5.97 Å². The van der Waals surface area contributed by atoms with Gasteiger partial charge in [-0.2, -0.15) is 0 Å². The Hall–Kier alpha value is -3.13. The van der Waals surface area contributed by atoms with Gasteiger partial charge in [-0.15, -0.1) is 0 Å². The van der Waals surface area contributed by atoms with E-state index in [-0.39, 0.29) is 11.9 Å². The molecule has 0 bridgehead atoms. The number of nitrogens with zero attached hydrogens (tertiary/aromatic N) is 2. The fraction of sp³-hybridized carbons (Fsp3) is 0.643. The second-order valence-electron chi connectivity index (χ2n) is 5.31. The second-order valence-corrected chi connectivity index (χ2v) is 5.31. The molecule has 0 rings (SSSR count). The number of guanidine groups is 2. The minimum absolute atomic E-state index is 0.0129. The maximum absolute atomic E-state index is 10.2. The van der Waals surface area contributed by atoms with Crippen LogP contribution in [0.3, 0.4) is 0 Å². The van der Waals surface area contributed by atoms with Gasteiger partial charge in [0.15, 0.2) is 11.9 Å². The average molecular weight is 408 g/mol. The van der Waals surface area contributed by atoms with Crippen molar-refractivity contribution in [2.45, 2.75) is 44.7 Å². The third-order valence-electron chi connectivity index (χ3n) is 2.57. The van der Waals surface area contributed by atoms with Gasteiger partial charge in [-0.25, -0.2) is 0 Å². The molecule has 0 heterocycles. The van der Waals surface area contributed by atoms with Crippen LogP contribution in [0.1, 0.15) is 32.6 Å². The average Bonchev–Trinajstić information content (AvgIpc) is 2.54. The van der Waals surface area contributed by atoms with Gasteiger partial charge in [0, 0.05) is 20.0 Å². The zero-order valence-corrected chi connectivity index (χ0v) is 15.8. The fourth-order valence-corrected chi connectivity index (χ4v) is 1.29. The third kappa shape index (κ3) is 30.7. The molecule has 0 saturated carbocycles. The van der Waals surface area contributed by atoms with E-state index < -0.39 is 30.0 Å². The minimum Gasteiger partial charge on any atom is -0.481 e. The molecule has 14 nitrogen and oxygen atoms in total. The lowest BCUT2D eigenvalue weighted by Crippen LogP contribution is -2.30. The van der Waals surface area contributed by atoms with E-state index in [1.54, 1.807) is 0 Å². The molecule has 0 aliphatic carbocycles. The highest BCUT2D eigenvalue weighted by Crippen LogP contribution is 1.95. The predicted molar refractivity (Wildman–Crippen MR) is 104 cm³/mol. The predicted octanol–water partition coefficient (Wildman–Crippen LogP) is -3.01. The maximum Gasteiger partial charge on any atom is 0.320 e. The van der Waals surface area contributed by atoms with E-state index in [0.29, 0.717) is 38.8 Å². The number of aliphatic imine (C=N–C) groups is 2. The molecule has 28 heavy (non-hydrogen) atoms. The Labute approximate surface area is 162 Å². The van der Waals surface area contributed by atoms with Crippen molar-refractivity contribution in [1.29, 1.82) is 0 Å². The molecule has 15 N–H and O–H groups in total. The molecule has 0 radical (unpaired) electrons. The highest BCUT2D eigenvalue weighted by molar-refractivity contribution is 5.76. The molecule has 0 spiro atoms. The van der Waals surface area contributed by atoms with Crippen LogP contribution in [0.2, 0.25) is 0 Å². The van der Waals surface area contributed by atoms with E-state index >= 15 is 0 Å². The van der Waals surface area contributed by atoms with Crippen molar-refractivity contribution in [2.24, 2.45) is 44.4 Å². The van der Waals surface area contributed by atoms with Gasteiger partial charge in [0.2, 0.25) is 0 Å². The van der Waals surface area contributed by atoms with Gasteiger partial charge >= 0.3 is 11.9 Å². The summed E-state index contributed by atoms with van der Waals surface area (Å²) in [5, 5.41) is 24.2. The van der Waals surface area contributed by atoms with E-state index in [9.17, 15) is 9.59 Å². The molecule has 0 aliphatic heterocycles. The number of carboxylic acid groups (broad SMARTS) is 3. The summed E-state index contributed by atoms with van der Waals surface area (Å²) in [5.41, 5.74) is 30.6. The first-order chi connectivity index (χ1) is 12.8. The van der Waals surface area contributed by atoms with Gasteiger partial charge in [-0.1, -0.05) is 0 Å². The molecule has 0 aromatic heterocycles. The van der Waals surface area contributed by atoms with E-state index in [1.165, 1.54) is 0 Å². The monoisotopic (exact) mass is 408 g/mol. The van der Waals surface area contributed by atoms with Gasteiger partial charge in [0.05, 0.1) is 0 Å². The first-order valence-corrected chi connectivity index (χ1v) is 8.08. The maximum atomic E-state index is 10.2. The van der Waals surface area contributed by atoms with Gasteiger partial charge in [0.1, 0.15) is 12.1 Å². The summed E-state index contributed by atoms with van der Waals surface area (Å²) in [7, 11) is 0. The normalized spacial score (nSPS) is 11.2. The van der Waals surface area contributed by atoms with Crippen molar-refractivity contribution in [3.8, 4) is 0 Å². The van der Waals surface area contributed by atoms with Crippen LogP contribution in [-0.4, -0.2) is 70.3 Å². The first-order valence-electron chi connectivity index (χ1n) is 8.08. The highest BCUT2D eigenvalue weighted by Gasteiger charge is 2.10. The molecule has 0 fully saturated rings. The fourth-order valence-electron chi connectivity index (χ4n) is 1.29. The molecule has 2 atom stereocenters. The van der Waals surface area contributed by atoms with E-state index in [2.05, 4.69) is 9.98 Å². The number of rotatable bonds is 10. The smallest absolute Gasteiger partial charge is 0.320 e. The molecule has 0 aromatic carbocycles. The summed E-state index contributed by atoms with van der Waals surface area (Å²) in [5.74, 6) is -2.81. The van der Waals surface area contributed by atoms with E-state index in [4.69, 9.17) is 54.5 Å². The van der Waals surface area contributed by atoms with Crippen molar-refractivity contribution in [3.63, 3.8) is 0 Å². The van der Waals surface area contributed by atoms with Crippen LogP contribution in [0.5, 0.6) is 0 Å². The molecular weight excluding hydrogens is 376 g/mol. The van der Waals surface area contributed by atoms with Crippen LogP contribution in [0.25, 0.3) is 0 Å². The van der Waals surface area contributed by atoms with Gasteiger partial charge in [-0.3, -0.25) is 24.4 Å². The third-order valence-corrected chi connectivity index (χ3v) is 2.57. The standard InChI is InChI=1S/2C6H14N4O2.C2H4O2/c2*7-4(5(11)12)2-1-3-10-6(8)9;1-2(3)4/h2*4H,1-3,7H2,(H,11,12)(H4,8,9,10);1H3,(H,3,4)/t2*4-;/m00./s1. The summed E-state index contributed by atoms with van der Waals surface area (Å²) in [6.45, 7) is 1.92. The highest BCUT2D eigenvalue weighted by atomic mass is 16.4. The number of carboxylic acids is 3. The Balaban J connectivity index is -0.000000375. The van der Waals surface area contributed by atoms with Crippen LogP contribution < -0.4 is 34.4 Å². The quantitative estimate of drug-likeness (QED) is 0.0991. The largest absolute Gasteiger partial charge is 0.481 e. The van der Waals surface area contributed by atoms with Crippen LogP contribution in [-0.2, 0) is 14.4 Å². The van der Waals surface area contributed by atoms with E-state index in [0.717, 1.165) is 6.92 Å². The number of carbonyl (C=O) groups is 3. The van der Waals surface area contributed by atoms with Crippen molar-refractivity contribution in [2.75, 3.05) is 13.1 Å². The lowest BCUT2D eigenvalue weighted by molar-refractivity contribution is -0.139. The summed E-state index contributed by atoms with van der Waals surface area (Å²) < 4.78 is 0. The van der Waals surface area contributed by atoms with Crippen molar-refractivity contribution in [3.05, 3.63) is 0 Å². The molecule has 164 valence electrons. The Morgan fingerprint density at radius 1 is 0.750 bits per heavy atom. The molecule has 0 aromatic rings. The van der Waals surface area contributed by atoms with Gasteiger partial charge < -0.3 is 49.7 Å². The number of aliphatic carboxylic acids is 3. The lowest BCUT2D eigenvalue weighted by Gasteiger charge is -2.03. The molecule has 0 saturated heterocycles. The lowest BCUT2D eigenvalue weighted by atomic mass is 10.2. The summed E-state index contributed by atoms with van der Waals surface area (Å²) >= 11 is 0. The Bertz CT molecular complexity index is 474. The van der Waals surface area contributed by atoms with Crippen molar-refractivity contribution < 1.29 is 29.7 Å². The molecule has 0 unspecified atom stereocenters. The van der Waals surface area contributed by atoms with Crippen molar-refractivity contribution in [1.82, 2.24) is 0 Å². The number of hydrogen-bond acceptors (Lipinski definition) is 7. The van der Waals surface area contributed by atoms with E-state index in [1.807, 2.05) is 0 Å². The number of nitrogens with two attached hydrogens (primary N) is 6. The molecular formula is C14H32N8O6. The second kappa shape index (κ2) is 18.7. The topological polar surface area (TPSA) is 293 Å². The van der Waals surface area contributed by atoms with Gasteiger partial charge in [-0.05, 0) is 25.7 Å². The van der Waals surface area contributed by atoms with Crippen molar-refractivity contribution >= 4 is 29.8 Å². The molecule has 0 aliphatic rings. The van der Waals surface area contributed by atoms with Crippen LogP contribution in [0, 0.1) is 0 Å². The summed E-state index contributed by atoms with van der Waals surface area (Å²) in [4.78, 5) is 36.8. The molecule has 14 heteroatoms. The Morgan fingerprint density at radius 2 is 1.00 bits per heavy atom. The molecule has 0 amide bonds. The Kier molecular flexibility index (Phi) is 19.7. The van der Waals surface area contributed by atoms with Crippen LogP contribution >= 0.6 is 0 Å². The summed E-state index contributed by atoms with van der Waals surface area (Å²) in [6.07, 6.45) is 1.91. The summed E-state index contributed by atoms with van der Waals surface area (Å²) in [6, 6.07) is -1.64. The van der Waals surface area contributed by atoms with Crippen LogP contribution in [0.4, 0.5) is 0 Å². The first kappa shape index (κ1) is 29.6. The Morgan fingerprint density at radius 3 is 1.18 bits per heavy atom.